The number of nitrogens with one attached hydrogen (secondary N) is 1. The second kappa shape index (κ2) is 8.66. The lowest BCUT2D eigenvalue weighted by atomic mass is 9.91. The summed E-state index contributed by atoms with van der Waals surface area (Å²) in [7, 11) is 0. The molecule has 3 heterocycles. The van der Waals surface area contributed by atoms with E-state index in [4.69, 9.17) is 10.7 Å². The molecule has 1 saturated heterocycles. The molecule has 28 heavy (non-hydrogen) atoms. The van der Waals surface area contributed by atoms with E-state index in [0.717, 1.165) is 62.4 Å². The Morgan fingerprint density at radius 1 is 1.25 bits per heavy atom. The van der Waals surface area contributed by atoms with E-state index in [1.54, 1.807) is 0 Å². The Hall–Kier alpha value is -1.86. The summed E-state index contributed by atoms with van der Waals surface area (Å²) in [5.41, 5.74) is 8.32. The van der Waals surface area contributed by atoms with Gasteiger partial charge in [-0.15, -0.1) is 0 Å². The van der Waals surface area contributed by atoms with Gasteiger partial charge in [-0.2, -0.15) is 9.61 Å². The summed E-state index contributed by atoms with van der Waals surface area (Å²) >= 11 is 0. The third-order valence-corrected chi connectivity index (χ3v) is 6.36. The topological polar surface area (TPSA) is 91.7 Å². The summed E-state index contributed by atoms with van der Waals surface area (Å²) in [5, 5.41) is 17.9. The van der Waals surface area contributed by atoms with Crippen molar-refractivity contribution in [3.05, 3.63) is 17.8 Å². The number of aromatic nitrogens is 3. The van der Waals surface area contributed by atoms with Crippen molar-refractivity contribution in [1.29, 1.82) is 0 Å². The van der Waals surface area contributed by atoms with Crippen LogP contribution < -0.4 is 16.0 Å². The molecule has 4 rings (SSSR count). The van der Waals surface area contributed by atoms with Crippen LogP contribution in [0.3, 0.4) is 0 Å². The van der Waals surface area contributed by atoms with Crippen LogP contribution in [0.1, 0.15) is 63.9 Å². The van der Waals surface area contributed by atoms with Crippen LogP contribution in [-0.4, -0.2) is 51.0 Å². The molecule has 2 aliphatic rings. The maximum absolute atomic E-state index is 9.51. The third-order valence-electron chi connectivity index (χ3n) is 6.36. The predicted octanol–water partition coefficient (Wildman–Crippen LogP) is 2.71. The molecule has 0 aromatic carbocycles. The highest BCUT2D eigenvalue weighted by atomic mass is 16.3. The van der Waals surface area contributed by atoms with E-state index in [-0.39, 0.29) is 12.6 Å². The Morgan fingerprint density at radius 3 is 2.93 bits per heavy atom. The number of anilines is 2. The van der Waals surface area contributed by atoms with Crippen LogP contribution in [0.15, 0.2) is 12.3 Å². The average Bonchev–Trinajstić information content (AvgIpc) is 3.12. The molecule has 1 aliphatic carbocycles. The molecule has 0 amide bonds. The highest BCUT2D eigenvalue weighted by Crippen LogP contribution is 2.30. The Morgan fingerprint density at radius 2 is 2.14 bits per heavy atom. The average molecular weight is 387 g/mol. The molecule has 4 N–H and O–H groups in total. The van der Waals surface area contributed by atoms with Gasteiger partial charge in [-0.1, -0.05) is 6.92 Å². The molecule has 1 aliphatic heterocycles. The Labute approximate surface area is 167 Å². The smallest absolute Gasteiger partial charge is 0.162 e. The molecule has 2 aromatic rings. The normalized spacial score (nSPS) is 26.0. The Balaban J connectivity index is 1.70. The molecule has 3 atom stereocenters. The standard InChI is InChI=1S/C21H34N6O/c1-2-15-14-23-27-20(24-17-7-5-6-16(22)12-17)13-19(25-21(15)27)26-10-4-3-8-18(26)9-11-28/h13-14,16-18,24,28H,2-12,22H2,1H3/t16?,17?,18-/m0/s1. The summed E-state index contributed by atoms with van der Waals surface area (Å²) < 4.78 is 1.95. The lowest BCUT2D eigenvalue weighted by Gasteiger charge is -2.37. The maximum Gasteiger partial charge on any atom is 0.162 e. The molecular weight excluding hydrogens is 352 g/mol. The zero-order chi connectivity index (χ0) is 19.5. The van der Waals surface area contributed by atoms with E-state index in [1.807, 2.05) is 10.7 Å². The van der Waals surface area contributed by atoms with Gasteiger partial charge in [0.15, 0.2) is 5.65 Å². The summed E-state index contributed by atoms with van der Waals surface area (Å²) in [4.78, 5) is 7.40. The van der Waals surface area contributed by atoms with Gasteiger partial charge >= 0.3 is 0 Å². The predicted molar refractivity (Wildman–Crippen MR) is 113 cm³/mol. The number of aliphatic hydroxyl groups excluding tert-OH is 1. The Kier molecular flexibility index (Phi) is 6.01. The number of piperidine rings is 1. The van der Waals surface area contributed by atoms with Gasteiger partial charge in [0, 0.05) is 42.9 Å². The minimum absolute atomic E-state index is 0.224. The summed E-state index contributed by atoms with van der Waals surface area (Å²) in [6, 6.07) is 3.17. The van der Waals surface area contributed by atoms with E-state index in [2.05, 4.69) is 28.3 Å². The van der Waals surface area contributed by atoms with Gasteiger partial charge < -0.3 is 21.1 Å². The molecule has 154 valence electrons. The Bertz CT molecular complexity index is 789. The first kappa shape index (κ1) is 19.5. The van der Waals surface area contributed by atoms with Gasteiger partial charge in [0.1, 0.15) is 11.6 Å². The zero-order valence-electron chi connectivity index (χ0n) is 17.0. The number of aryl methyl sites for hydroxylation is 1. The van der Waals surface area contributed by atoms with Crippen LogP contribution in [0, 0.1) is 0 Å². The highest BCUT2D eigenvalue weighted by Gasteiger charge is 2.26. The molecule has 0 radical (unpaired) electrons. The molecule has 1 saturated carbocycles. The van der Waals surface area contributed by atoms with Gasteiger partial charge in [-0.05, 0) is 57.8 Å². The molecular formula is C21H34N6O. The minimum atomic E-state index is 0.224. The van der Waals surface area contributed by atoms with Crippen molar-refractivity contribution in [2.75, 3.05) is 23.4 Å². The number of aliphatic hydroxyl groups is 1. The van der Waals surface area contributed by atoms with Crippen molar-refractivity contribution < 1.29 is 5.11 Å². The summed E-state index contributed by atoms with van der Waals surface area (Å²) in [6.45, 7) is 3.37. The maximum atomic E-state index is 9.51. The van der Waals surface area contributed by atoms with Crippen LogP contribution in [0.25, 0.3) is 5.65 Å². The van der Waals surface area contributed by atoms with E-state index in [9.17, 15) is 5.11 Å². The van der Waals surface area contributed by atoms with Crippen LogP contribution in [-0.2, 0) is 6.42 Å². The number of nitrogens with zero attached hydrogens (tertiary/aromatic N) is 4. The highest BCUT2D eigenvalue weighted by molar-refractivity contribution is 5.61. The van der Waals surface area contributed by atoms with Gasteiger partial charge in [-0.25, -0.2) is 4.98 Å². The number of nitrogens with two attached hydrogens (primary N) is 1. The largest absolute Gasteiger partial charge is 0.396 e. The first-order chi connectivity index (χ1) is 13.7. The molecule has 0 spiro atoms. The second-order valence-corrected chi connectivity index (χ2v) is 8.38. The fraction of sp³-hybridized carbons (Fsp3) is 0.714. The van der Waals surface area contributed by atoms with E-state index >= 15 is 0 Å². The quantitative estimate of drug-likeness (QED) is 0.707. The number of hydrogen-bond acceptors (Lipinski definition) is 6. The zero-order valence-corrected chi connectivity index (χ0v) is 17.0. The number of hydrogen-bond donors (Lipinski definition) is 3. The molecule has 7 heteroatoms. The molecule has 2 unspecified atom stereocenters. The van der Waals surface area contributed by atoms with Crippen molar-refractivity contribution in [1.82, 2.24) is 14.6 Å². The lowest BCUT2D eigenvalue weighted by molar-refractivity contribution is 0.262. The molecule has 7 nitrogen and oxygen atoms in total. The summed E-state index contributed by atoms with van der Waals surface area (Å²) in [6.07, 6.45) is 11.6. The monoisotopic (exact) mass is 386 g/mol. The van der Waals surface area contributed by atoms with Gasteiger partial charge in [-0.3, -0.25) is 0 Å². The number of rotatable bonds is 6. The van der Waals surface area contributed by atoms with Gasteiger partial charge in [0.05, 0.1) is 6.20 Å². The van der Waals surface area contributed by atoms with E-state index < -0.39 is 0 Å². The van der Waals surface area contributed by atoms with Crippen molar-refractivity contribution >= 4 is 17.3 Å². The van der Waals surface area contributed by atoms with Crippen molar-refractivity contribution in [2.45, 2.75) is 82.8 Å². The molecule has 2 fully saturated rings. The molecule has 2 aromatic heterocycles. The summed E-state index contributed by atoms with van der Waals surface area (Å²) in [5.74, 6) is 2.01. The van der Waals surface area contributed by atoms with Gasteiger partial charge in [0.2, 0.25) is 0 Å². The van der Waals surface area contributed by atoms with Crippen molar-refractivity contribution in [3.63, 3.8) is 0 Å². The van der Waals surface area contributed by atoms with Crippen LogP contribution >= 0.6 is 0 Å². The fourth-order valence-electron chi connectivity index (χ4n) is 4.81. The number of fused-ring (bicyclic) bond motifs is 1. The van der Waals surface area contributed by atoms with Crippen LogP contribution in [0.5, 0.6) is 0 Å². The third kappa shape index (κ3) is 3.96. The SMILES string of the molecule is CCc1cnn2c(NC3CCCC(N)C3)cc(N3CCCC[C@H]3CCO)nc12. The molecule has 0 bridgehead atoms. The fourth-order valence-corrected chi connectivity index (χ4v) is 4.81. The van der Waals surface area contributed by atoms with E-state index in [0.29, 0.717) is 12.1 Å². The van der Waals surface area contributed by atoms with Crippen molar-refractivity contribution in [3.8, 4) is 0 Å². The van der Waals surface area contributed by atoms with Crippen LogP contribution in [0.2, 0.25) is 0 Å². The van der Waals surface area contributed by atoms with Crippen molar-refractivity contribution in [2.24, 2.45) is 5.73 Å². The second-order valence-electron chi connectivity index (χ2n) is 8.38. The first-order valence-electron chi connectivity index (χ1n) is 11.0. The van der Waals surface area contributed by atoms with Crippen LogP contribution in [0.4, 0.5) is 11.6 Å². The van der Waals surface area contributed by atoms with Gasteiger partial charge in [0.25, 0.3) is 0 Å². The minimum Gasteiger partial charge on any atom is -0.396 e. The first-order valence-corrected chi connectivity index (χ1v) is 11.0. The van der Waals surface area contributed by atoms with E-state index in [1.165, 1.54) is 24.8 Å². The lowest BCUT2D eigenvalue weighted by Crippen LogP contribution is -2.41.